The lowest BCUT2D eigenvalue weighted by Crippen LogP contribution is -2.39. The summed E-state index contributed by atoms with van der Waals surface area (Å²) in [6.45, 7) is 0.119. The summed E-state index contributed by atoms with van der Waals surface area (Å²) in [5, 5.41) is 7.99. The summed E-state index contributed by atoms with van der Waals surface area (Å²) in [6.07, 6.45) is 1.44. The van der Waals surface area contributed by atoms with Gasteiger partial charge in [-0.05, 0) is 24.3 Å². The topological polar surface area (TPSA) is 175 Å². The van der Waals surface area contributed by atoms with E-state index in [1.54, 1.807) is 12.1 Å². The molecular weight excluding hydrogens is 416 g/mol. The van der Waals surface area contributed by atoms with Crippen LogP contribution in [0.1, 0.15) is 16.1 Å². The number of halogens is 1. The number of nitrogens with one attached hydrogen (secondary N) is 1. The third kappa shape index (κ3) is 5.00. The Bertz CT molecular complexity index is 1020. The van der Waals surface area contributed by atoms with Crippen LogP contribution in [0.15, 0.2) is 39.8 Å². The molecule has 0 saturated carbocycles. The molecule has 0 fully saturated rings. The molecule has 0 aliphatic carbocycles. The van der Waals surface area contributed by atoms with Crippen molar-refractivity contribution in [3.05, 3.63) is 46.9 Å². The van der Waals surface area contributed by atoms with E-state index in [1.165, 1.54) is 6.26 Å². The highest BCUT2D eigenvalue weighted by Gasteiger charge is 2.25. The summed E-state index contributed by atoms with van der Waals surface area (Å²) >= 11 is 5.95. The quantitative estimate of drug-likeness (QED) is 0.445. The molecule has 1 aromatic carbocycles. The highest BCUT2D eigenvalue weighted by atomic mass is 35.5. The summed E-state index contributed by atoms with van der Waals surface area (Å²) < 4.78 is 28.5. The van der Waals surface area contributed by atoms with Gasteiger partial charge in [-0.3, -0.25) is 9.59 Å². The zero-order valence-corrected chi connectivity index (χ0v) is 15.9. The number of sulfonamides is 1. The van der Waals surface area contributed by atoms with Gasteiger partial charge in [0.15, 0.2) is 0 Å². The number of primary sulfonamides is 1. The van der Waals surface area contributed by atoms with Crippen LogP contribution in [0.3, 0.4) is 0 Å². The molecule has 0 spiro atoms. The molecule has 11 nitrogen and oxygen atoms in total. The number of carbonyl (C=O) groups excluding carboxylic acids is 3. The average molecular weight is 431 g/mol. The smallest absolute Gasteiger partial charge is 0.365 e. The van der Waals surface area contributed by atoms with Crippen molar-refractivity contribution in [1.82, 2.24) is 5.06 Å². The molecule has 0 aliphatic heterocycles. The Morgan fingerprint density at radius 1 is 1.32 bits per heavy atom. The highest BCUT2D eigenvalue weighted by molar-refractivity contribution is 7.89. The predicted molar refractivity (Wildman–Crippen MR) is 96.2 cm³/mol. The van der Waals surface area contributed by atoms with E-state index in [-0.39, 0.29) is 22.8 Å². The Morgan fingerprint density at radius 3 is 2.54 bits per heavy atom. The van der Waals surface area contributed by atoms with Crippen LogP contribution in [-0.2, 0) is 31.0 Å². The van der Waals surface area contributed by atoms with E-state index in [9.17, 15) is 22.8 Å². The van der Waals surface area contributed by atoms with Crippen LogP contribution in [0.5, 0.6) is 0 Å². The third-order valence-electron chi connectivity index (χ3n) is 3.35. The van der Waals surface area contributed by atoms with Crippen molar-refractivity contribution < 1.29 is 32.1 Å². The summed E-state index contributed by atoms with van der Waals surface area (Å²) in [6, 6.07) is 5.34. The van der Waals surface area contributed by atoms with Crippen molar-refractivity contribution in [3.8, 4) is 0 Å². The van der Waals surface area contributed by atoms with Crippen molar-refractivity contribution in [1.29, 1.82) is 0 Å². The molecule has 0 bridgehead atoms. The zero-order chi connectivity index (χ0) is 21.1. The zero-order valence-electron chi connectivity index (χ0n) is 14.3. The van der Waals surface area contributed by atoms with Gasteiger partial charge in [-0.25, -0.2) is 18.4 Å². The molecule has 2 aromatic rings. The van der Waals surface area contributed by atoms with E-state index < -0.39 is 32.7 Å². The Kier molecular flexibility index (Phi) is 6.28. The third-order valence-corrected chi connectivity index (χ3v) is 4.72. The molecular formula is C15H15ClN4O7S. The van der Waals surface area contributed by atoms with E-state index in [0.717, 1.165) is 19.2 Å². The Labute approximate surface area is 164 Å². The fourth-order valence-corrected chi connectivity index (χ4v) is 3.15. The lowest BCUT2D eigenvalue weighted by molar-refractivity contribution is -0.166. The van der Waals surface area contributed by atoms with E-state index in [0.29, 0.717) is 10.8 Å². The number of nitrogens with two attached hydrogens (primary N) is 2. The number of likely N-dealkylation sites (N-methyl/N-ethyl adjacent to an activating group) is 1. The molecule has 5 N–H and O–H groups in total. The van der Waals surface area contributed by atoms with Crippen molar-refractivity contribution >= 4 is 45.1 Å². The molecule has 0 radical (unpaired) electrons. The molecule has 2 amide bonds. The summed E-state index contributed by atoms with van der Waals surface area (Å²) in [5.41, 5.74) is 4.58. The van der Waals surface area contributed by atoms with Crippen LogP contribution in [0.4, 0.5) is 5.69 Å². The van der Waals surface area contributed by atoms with Crippen LogP contribution in [0.25, 0.3) is 0 Å². The Balaban J connectivity index is 2.40. The van der Waals surface area contributed by atoms with Crippen LogP contribution in [0.2, 0.25) is 5.02 Å². The molecule has 1 heterocycles. The minimum atomic E-state index is -4.26. The molecule has 0 unspecified atom stereocenters. The Morgan fingerprint density at radius 2 is 2.00 bits per heavy atom. The number of primary amides is 1. The molecule has 13 heteroatoms. The fourth-order valence-electron chi connectivity index (χ4n) is 2.05. The number of hydrogen-bond donors (Lipinski definition) is 3. The molecule has 28 heavy (non-hydrogen) atoms. The number of hydrogen-bond acceptors (Lipinski definition) is 8. The van der Waals surface area contributed by atoms with Crippen LogP contribution in [0, 0.1) is 0 Å². The average Bonchev–Trinajstić information content (AvgIpc) is 3.11. The highest BCUT2D eigenvalue weighted by Crippen LogP contribution is 2.29. The van der Waals surface area contributed by atoms with Gasteiger partial charge in [0.25, 0.3) is 0 Å². The van der Waals surface area contributed by atoms with E-state index in [4.69, 9.17) is 31.7 Å². The molecule has 0 aliphatic rings. The lowest BCUT2D eigenvalue weighted by atomic mass is 10.1. The molecule has 0 saturated heterocycles. The van der Waals surface area contributed by atoms with E-state index in [1.807, 2.05) is 0 Å². The van der Waals surface area contributed by atoms with Gasteiger partial charge in [0.2, 0.25) is 10.0 Å². The minimum absolute atomic E-state index is 0.0683. The van der Waals surface area contributed by atoms with Gasteiger partial charge in [0.05, 0.1) is 29.1 Å². The number of carbonyl (C=O) groups is 3. The largest absolute Gasteiger partial charge is 0.467 e. The maximum atomic E-state index is 12.4. The van der Waals surface area contributed by atoms with Crippen LogP contribution < -0.4 is 16.2 Å². The first-order valence-corrected chi connectivity index (χ1v) is 9.35. The number of hydroxylamine groups is 2. The standard InChI is InChI=1S/C15H15ClN4O7S/c1-20(14(22)13(17)21)27-15(23)9-5-12(28(18,24)25)10(16)6-11(9)19-7-8-3-2-4-26-8/h2-6,19H,7H2,1H3,(H2,17,21)(H2,18,24,25). The second kappa shape index (κ2) is 8.29. The molecule has 150 valence electrons. The fraction of sp³-hybridized carbons (Fsp3) is 0.133. The maximum absolute atomic E-state index is 12.4. The summed E-state index contributed by atoms with van der Waals surface area (Å²) in [7, 11) is -3.28. The molecule has 0 atom stereocenters. The monoisotopic (exact) mass is 430 g/mol. The normalized spacial score (nSPS) is 11.0. The van der Waals surface area contributed by atoms with Crippen molar-refractivity contribution in [2.75, 3.05) is 12.4 Å². The number of furan rings is 1. The van der Waals surface area contributed by atoms with Crippen molar-refractivity contribution in [2.24, 2.45) is 10.9 Å². The van der Waals surface area contributed by atoms with Gasteiger partial charge >= 0.3 is 17.8 Å². The van der Waals surface area contributed by atoms with Gasteiger partial charge in [-0.15, -0.1) is 0 Å². The van der Waals surface area contributed by atoms with Crippen LogP contribution >= 0.6 is 11.6 Å². The second-order valence-electron chi connectivity index (χ2n) is 5.35. The molecule has 2 rings (SSSR count). The first-order valence-electron chi connectivity index (χ1n) is 7.43. The van der Waals surface area contributed by atoms with E-state index >= 15 is 0 Å². The molecule has 1 aromatic heterocycles. The summed E-state index contributed by atoms with van der Waals surface area (Å²) in [5.74, 6) is -3.31. The maximum Gasteiger partial charge on any atom is 0.365 e. The van der Waals surface area contributed by atoms with Gasteiger partial charge in [-0.2, -0.15) is 5.06 Å². The number of nitrogens with zero attached hydrogens (tertiary/aromatic N) is 1. The number of anilines is 1. The minimum Gasteiger partial charge on any atom is -0.467 e. The van der Waals surface area contributed by atoms with Gasteiger partial charge < -0.3 is 20.3 Å². The van der Waals surface area contributed by atoms with Gasteiger partial charge in [0, 0.05) is 7.05 Å². The van der Waals surface area contributed by atoms with Gasteiger partial charge in [-0.1, -0.05) is 11.6 Å². The van der Waals surface area contributed by atoms with Crippen LogP contribution in [-0.4, -0.2) is 38.3 Å². The summed E-state index contributed by atoms with van der Waals surface area (Å²) in [4.78, 5) is 39.0. The first-order chi connectivity index (χ1) is 13.0. The number of rotatable bonds is 5. The van der Waals surface area contributed by atoms with E-state index in [2.05, 4.69) is 5.32 Å². The Hall–Kier alpha value is -3.09. The van der Waals surface area contributed by atoms with Gasteiger partial charge in [0.1, 0.15) is 10.7 Å². The number of benzene rings is 1. The predicted octanol–water partition coefficient (Wildman–Crippen LogP) is 0.208. The van der Waals surface area contributed by atoms with Crippen molar-refractivity contribution in [2.45, 2.75) is 11.4 Å². The lowest BCUT2D eigenvalue weighted by Gasteiger charge is -2.17. The first kappa shape index (κ1) is 21.2. The number of amides is 2. The SMILES string of the molecule is CN(OC(=O)c1cc(S(N)(=O)=O)c(Cl)cc1NCc1ccco1)C(=O)C(N)=O. The second-order valence-corrected chi connectivity index (χ2v) is 7.29. The van der Waals surface area contributed by atoms with Crippen molar-refractivity contribution in [3.63, 3.8) is 0 Å².